The average Bonchev–Trinajstić information content (AvgIpc) is 2.84. The van der Waals surface area contributed by atoms with Crippen LogP contribution < -0.4 is 0 Å². The fraction of sp³-hybridized carbons (Fsp3) is 0.842. The van der Waals surface area contributed by atoms with Gasteiger partial charge in [-0.05, 0) is 49.0 Å². The van der Waals surface area contributed by atoms with Gasteiger partial charge in [-0.25, -0.2) is 0 Å². The Hall–Kier alpha value is -0.670. The topological polar surface area (TPSA) is 57.5 Å². The molecule has 4 aliphatic carbocycles. The predicted molar refractivity (Wildman–Crippen MR) is 84.0 cm³/mol. The van der Waals surface area contributed by atoms with Crippen molar-refractivity contribution in [1.82, 2.24) is 0 Å². The maximum atomic E-state index is 13.3. The predicted octanol–water partition coefficient (Wildman–Crippen LogP) is 2.56. The highest BCUT2D eigenvalue weighted by Crippen LogP contribution is 2.73. The Kier molecular flexibility index (Phi) is 2.87. The number of carbonyl (C=O) groups is 1. The standard InChI is InChI=1S/C19H28O3/c1-9-7-11-13(20)5-6-19(11)15(16(9)21)14-12(18(14,3)4)8-10(2)17(19)22/h7,10-16,20-21H,5-6,8H2,1-4H3/t10-,11+,12-,13?,14-,15?,16+,19+/m1/s1. The zero-order valence-electron chi connectivity index (χ0n) is 14.0. The fourth-order valence-electron chi connectivity index (χ4n) is 6.54. The molecule has 4 rings (SSSR count). The number of rotatable bonds is 0. The highest BCUT2D eigenvalue weighted by molar-refractivity contribution is 5.89. The molecule has 0 aromatic heterocycles. The maximum Gasteiger partial charge on any atom is 0.142 e. The second-order valence-corrected chi connectivity index (χ2v) is 9.01. The number of carbonyl (C=O) groups excluding carboxylic acids is 1. The van der Waals surface area contributed by atoms with Crippen molar-refractivity contribution in [3.05, 3.63) is 11.6 Å². The van der Waals surface area contributed by atoms with Gasteiger partial charge in [-0.3, -0.25) is 4.79 Å². The molecule has 0 bridgehead atoms. The van der Waals surface area contributed by atoms with E-state index in [0.717, 1.165) is 18.4 Å². The minimum absolute atomic E-state index is 0.00269. The molecule has 8 atom stereocenters. The minimum Gasteiger partial charge on any atom is -0.392 e. The number of ketones is 1. The van der Waals surface area contributed by atoms with Crippen LogP contribution in [0.25, 0.3) is 0 Å². The van der Waals surface area contributed by atoms with Gasteiger partial charge in [0.2, 0.25) is 0 Å². The summed E-state index contributed by atoms with van der Waals surface area (Å²) in [6.45, 7) is 8.60. The molecular weight excluding hydrogens is 276 g/mol. The lowest BCUT2D eigenvalue weighted by molar-refractivity contribution is -0.144. The molecule has 1 spiro atoms. The van der Waals surface area contributed by atoms with Gasteiger partial charge in [-0.2, -0.15) is 0 Å². The van der Waals surface area contributed by atoms with Crippen LogP contribution in [0.2, 0.25) is 0 Å². The molecule has 3 saturated carbocycles. The van der Waals surface area contributed by atoms with Gasteiger partial charge in [0.05, 0.1) is 12.2 Å². The summed E-state index contributed by atoms with van der Waals surface area (Å²) < 4.78 is 0. The first-order valence-electron chi connectivity index (χ1n) is 8.81. The molecule has 122 valence electrons. The quantitative estimate of drug-likeness (QED) is 0.676. The van der Waals surface area contributed by atoms with Gasteiger partial charge in [0.25, 0.3) is 0 Å². The normalized spacial score (nSPS) is 55.6. The first-order chi connectivity index (χ1) is 10.2. The number of hydrogen-bond donors (Lipinski definition) is 2. The summed E-state index contributed by atoms with van der Waals surface area (Å²) in [6.07, 6.45) is 3.44. The van der Waals surface area contributed by atoms with Crippen LogP contribution in [0, 0.1) is 40.4 Å². The summed E-state index contributed by atoms with van der Waals surface area (Å²) in [5.41, 5.74) is 0.643. The van der Waals surface area contributed by atoms with E-state index in [9.17, 15) is 15.0 Å². The van der Waals surface area contributed by atoms with Crippen molar-refractivity contribution in [2.45, 2.75) is 59.2 Å². The minimum atomic E-state index is -0.523. The first kappa shape index (κ1) is 14.9. The molecule has 2 unspecified atom stereocenters. The first-order valence-corrected chi connectivity index (χ1v) is 8.81. The molecule has 22 heavy (non-hydrogen) atoms. The number of fused-ring (bicyclic) bond motifs is 2. The van der Waals surface area contributed by atoms with Crippen molar-refractivity contribution in [3.8, 4) is 0 Å². The molecule has 0 saturated heterocycles. The summed E-state index contributed by atoms with van der Waals surface area (Å²) in [5.74, 6) is 1.21. The Morgan fingerprint density at radius 2 is 1.91 bits per heavy atom. The van der Waals surface area contributed by atoms with Crippen molar-refractivity contribution in [2.75, 3.05) is 0 Å². The van der Waals surface area contributed by atoms with Gasteiger partial charge in [-0.1, -0.05) is 26.8 Å². The molecule has 2 N–H and O–H groups in total. The van der Waals surface area contributed by atoms with E-state index >= 15 is 0 Å². The fourth-order valence-corrected chi connectivity index (χ4v) is 6.54. The Labute approximate surface area is 132 Å². The molecule has 0 aromatic rings. The largest absolute Gasteiger partial charge is 0.392 e. The van der Waals surface area contributed by atoms with Gasteiger partial charge in [0.1, 0.15) is 5.78 Å². The Bertz CT molecular complexity index is 563. The summed E-state index contributed by atoms with van der Waals surface area (Å²) in [4.78, 5) is 13.3. The van der Waals surface area contributed by atoms with Crippen LogP contribution in [-0.2, 0) is 4.79 Å². The van der Waals surface area contributed by atoms with Crippen molar-refractivity contribution in [2.24, 2.45) is 40.4 Å². The highest BCUT2D eigenvalue weighted by Gasteiger charge is 2.73. The van der Waals surface area contributed by atoms with Crippen LogP contribution in [0.3, 0.4) is 0 Å². The van der Waals surface area contributed by atoms with Crippen LogP contribution in [0.5, 0.6) is 0 Å². The third-order valence-electron chi connectivity index (χ3n) is 7.75. The van der Waals surface area contributed by atoms with Gasteiger partial charge in [0, 0.05) is 23.2 Å². The number of Topliss-reactive ketones (excluding diaryl/α,β-unsaturated/α-hetero) is 1. The van der Waals surface area contributed by atoms with E-state index in [1.807, 2.05) is 13.0 Å². The van der Waals surface area contributed by atoms with E-state index in [4.69, 9.17) is 0 Å². The van der Waals surface area contributed by atoms with Crippen LogP contribution in [-0.4, -0.2) is 28.2 Å². The summed E-state index contributed by atoms with van der Waals surface area (Å²) in [6, 6.07) is 0. The summed E-state index contributed by atoms with van der Waals surface area (Å²) >= 11 is 0. The van der Waals surface area contributed by atoms with Crippen molar-refractivity contribution in [1.29, 1.82) is 0 Å². The van der Waals surface area contributed by atoms with Crippen LogP contribution in [0.1, 0.15) is 47.0 Å². The van der Waals surface area contributed by atoms with Crippen LogP contribution >= 0.6 is 0 Å². The highest BCUT2D eigenvalue weighted by atomic mass is 16.3. The van der Waals surface area contributed by atoms with Gasteiger partial charge in [-0.15, -0.1) is 0 Å². The van der Waals surface area contributed by atoms with E-state index < -0.39 is 17.6 Å². The molecular formula is C19H28O3. The van der Waals surface area contributed by atoms with Gasteiger partial charge in [0.15, 0.2) is 0 Å². The molecule has 0 heterocycles. The average molecular weight is 304 g/mol. The lowest BCUT2D eigenvalue weighted by Crippen LogP contribution is -2.53. The zero-order valence-corrected chi connectivity index (χ0v) is 14.0. The SMILES string of the molecule is CC1=C[C@H]2C(O)CC[C@]23C(=O)[C@H](C)C[C@@H]2[C@H](C3[C@H]1O)C2(C)C. The maximum absolute atomic E-state index is 13.3. The third-order valence-corrected chi connectivity index (χ3v) is 7.75. The Balaban J connectivity index is 1.91. The zero-order chi connectivity index (χ0) is 16.0. The molecule has 4 aliphatic rings. The summed E-state index contributed by atoms with van der Waals surface area (Å²) in [7, 11) is 0. The van der Waals surface area contributed by atoms with E-state index in [0.29, 0.717) is 24.0 Å². The molecule has 3 nitrogen and oxygen atoms in total. The Morgan fingerprint density at radius 1 is 1.23 bits per heavy atom. The smallest absolute Gasteiger partial charge is 0.142 e. The number of aliphatic hydroxyl groups excluding tert-OH is 2. The molecule has 3 heteroatoms. The van der Waals surface area contributed by atoms with Crippen molar-refractivity contribution < 1.29 is 15.0 Å². The molecule has 0 aromatic carbocycles. The monoisotopic (exact) mass is 304 g/mol. The van der Waals surface area contributed by atoms with Gasteiger partial charge >= 0.3 is 0 Å². The number of aliphatic hydroxyl groups is 2. The van der Waals surface area contributed by atoms with Crippen LogP contribution in [0.4, 0.5) is 0 Å². The molecule has 0 amide bonds. The lowest BCUT2D eigenvalue weighted by atomic mass is 9.56. The van der Waals surface area contributed by atoms with Crippen molar-refractivity contribution in [3.63, 3.8) is 0 Å². The third kappa shape index (κ3) is 1.52. The van der Waals surface area contributed by atoms with E-state index in [-0.39, 0.29) is 23.2 Å². The molecule has 3 fully saturated rings. The lowest BCUT2D eigenvalue weighted by Gasteiger charge is -2.48. The van der Waals surface area contributed by atoms with E-state index in [1.165, 1.54) is 0 Å². The number of hydrogen-bond acceptors (Lipinski definition) is 3. The second-order valence-electron chi connectivity index (χ2n) is 9.01. The summed E-state index contributed by atoms with van der Waals surface area (Å²) in [5, 5.41) is 21.5. The molecule has 0 radical (unpaired) electrons. The van der Waals surface area contributed by atoms with E-state index in [2.05, 4.69) is 20.8 Å². The Morgan fingerprint density at radius 3 is 2.59 bits per heavy atom. The van der Waals surface area contributed by atoms with E-state index in [1.54, 1.807) is 0 Å². The van der Waals surface area contributed by atoms with Crippen LogP contribution in [0.15, 0.2) is 11.6 Å². The van der Waals surface area contributed by atoms with Crippen molar-refractivity contribution >= 4 is 5.78 Å². The second kappa shape index (κ2) is 4.24. The molecule has 0 aliphatic heterocycles. The van der Waals surface area contributed by atoms with Gasteiger partial charge < -0.3 is 10.2 Å².